The van der Waals surface area contributed by atoms with Gasteiger partial charge in [0.2, 0.25) is 5.91 Å². The van der Waals surface area contributed by atoms with Crippen molar-refractivity contribution in [2.45, 2.75) is 25.8 Å². The number of aromatic amines is 1. The molecular weight excluding hydrogens is 302 g/mol. The summed E-state index contributed by atoms with van der Waals surface area (Å²) < 4.78 is 0. The van der Waals surface area contributed by atoms with Crippen molar-refractivity contribution in [2.75, 3.05) is 26.2 Å². The zero-order valence-corrected chi connectivity index (χ0v) is 13.8. The van der Waals surface area contributed by atoms with Crippen LogP contribution in [-0.2, 0) is 24.2 Å². The Bertz CT molecular complexity index is 691. The number of carbonyl (C=O) groups excluding carboxylic acids is 1. The molecule has 0 unspecified atom stereocenters. The van der Waals surface area contributed by atoms with E-state index in [9.17, 15) is 4.79 Å². The van der Waals surface area contributed by atoms with Crippen molar-refractivity contribution in [2.24, 2.45) is 5.92 Å². The van der Waals surface area contributed by atoms with Crippen LogP contribution in [0.4, 0.5) is 0 Å². The molecule has 2 aromatic rings. The molecule has 1 aromatic carbocycles. The molecule has 126 valence electrons. The summed E-state index contributed by atoms with van der Waals surface area (Å²) in [6.07, 6.45) is 4.44. The number of carbonyl (C=O) groups is 1. The number of amides is 1. The first kappa shape index (κ1) is 15.3. The molecule has 24 heavy (non-hydrogen) atoms. The van der Waals surface area contributed by atoms with Crippen LogP contribution in [0.15, 0.2) is 30.6 Å². The zero-order chi connectivity index (χ0) is 16.4. The molecule has 0 bridgehead atoms. The van der Waals surface area contributed by atoms with Crippen LogP contribution in [0.5, 0.6) is 0 Å². The van der Waals surface area contributed by atoms with Crippen molar-refractivity contribution in [3.05, 3.63) is 47.5 Å². The van der Waals surface area contributed by atoms with E-state index < -0.39 is 0 Å². The molecule has 0 radical (unpaired) electrons. The number of hydrogen-bond donors (Lipinski definition) is 1. The lowest BCUT2D eigenvalue weighted by atomic mass is 9.83. The van der Waals surface area contributed by atoms with Crippen LogP contribution in [0, 0.1) is 5.92 Å². The third kappa shape index (κ3) is 3.19. The van der Waals surface area contributed by atoms with Crippen molar-refractivity contribution in [3.63, 3.8) is 0 Å². The summed E-state index contributed by atoms with van der Waals surface area (Å²) in [6, 6.07) is 8.53. The Labute approximate surface area is 141 Å². The van der Waals surface area contributed by atoms with Gasteiger partial charge >= 0.3 is 0 Å². The number of H-pyrrole nitrogens is 1. The van der Waals surface area contributed by atoms with Gasteiger partial charge in [-0.15, -0.1) is 0 Å². The maximum Gasteiger partial charge on any atom is 0.226 e. The fraction of sp³-hybridized carbons (Fsp3) is 0.500. The summed E-state index contributed by atoms with van der Waals surface area (Å²) in [5, 5.41) is 6.78. The minimum atomic E-state index is 0.153. The van der Waals surface area contributed by atoms with Gasteiger partial charge in [0.25, 0.3) is 0 Å². The van der Waals surface area contributed by atoms with Crippen LogP contribution < -0.4 is 0 Å². The van der Waals surface area contributed by atoms with Crippen molar-refractivity contribution in [1.29, 1.82) is 0 Å². The smallest absolute Gasteiger partial charge is 0.226 e. The van der Waals surface area contributed by atoms with E-state index in [2.05, 4.69) is 49.2 Å². The molecule has 1 aliphatic carbocycles. The van der Waals surface area contributed by atoms with Gasteiger partial charge in [0.15, 0.2) is 0 Å². The van der Waals surface area contributed by atoms with Crippen LogP contribution in [0.25, 0.3) is 0 Å². The Morgan fingerprint density at radius 1 is 1.17 bits per heavy atom. The average Bonchev–Trinajstić information content (AvgIpc) is 3.14. The molecule has 1 aliphatic heterocycles. The number of hydrogen-bond acceptors (Lipinski definition) is 4. The van der Waals surface area contributed by atoms with Crippen LogP contribution in [-0.4, -0.2) is 57.1 Å². The predicted molar refractivity (Wildman–Crippen MR) is 90.2 cm³/mol. The quantitative estimate of drug-likeness (QED) is 0.922. The molecule has 0 saturated carbocycles. The highest BCUT2D eigenvalue weighted by atomic mass is 16.2. The Balaban J connectivity index is 1.32. The lowest BCUT2D eigenvalue weighted by Gasteiger charge is -2.37. The number of piperazine rings is 1. The van der Waals surface area contributed by atoms with Crippen molar-refractivity contribution in [1.82, 2.24) is 25.0 Å². The van der Waals surface area contributed by atoms with Crippen molar-refractivity contribution < 1.29 is 4.79 Å². The summed E-state index contributed by atoms with van der Waals surface area (Å²) in [7, 11) is 0. The zero-order valence-electron chi connectivity index (χ0n) is 13.8. The number of nitrogens with zero attached hydrogens (tertiary/aromatic N) is 4. The Hall–Kier alpha value is -2.21. The average molecular weight is 325 g/mol. The van der Waals surface area contributed by atoms with Gasteiger partial charge in [-0.3, -0.25) is 14.8 Å². The highest BCUT2D eigenvalue weighted by Crippen LogP contribution is 2.27. The SMILES string of the molecule is O=C([C@H]1CCc2ccccc2C1)N1CCN(Cc2ncn[nH]2)CC1. The molecular formula is C18H23N5O. The van der Waals surface area contributed by atoms with Gasteiger partial charge in [0.1, 0.15) is 12.2 Å². The molecule has 0 spiro atoms. The fourth-order valence-electron chi connectivity index (χ4n) is 3.81. The van der Waals surface area contributed by atoms with Gasteiger partial charge in [0.05, 0.1) is 6.54 Å². The van der Waals surface area contributed by atoms with Crippen LogP contribution in [0.1, 0.15) is 23.4 Å². The first-order valence-corrected chi connectivity index (χ1v) is 8.72. The summed E-state index contributed by atoms with van der Waals surface area (Å²) in [5.41, 5.74) is 2.77. The first-order chi connectivity index (χ1) is 11.8. The minimum Gasteiger partial charge on any atom is -0.340 e. The maximum absolute atomic E-state index is 12.9. The topological polar surface area (TPSA) is 65.1 Å². The van der Waals surface area contributed by atoms with E-state index in [4.69, 9.17) is 0 Å². The van der Waals surface area contributed by atoms with E-state index in [-0.39, 0.29) is 5.92 Å². The van der Waals surface area contributed by atoms with Crippen molar-refractivity contribution in [3.8, 4) is 0 Å². The van der Waals surface area contributed by atoms with Crippen LogP contribution >= 0.6 is 0 Å². The molecule has 1 saturated heterocycles. The molecule has 4 rings (SSSR count). The summed E-state index contributed by atoms with van der Waals surface area (Å²) in [5.74, 6) is 1.38. The van der Waals surface area contributed by atoms with Gasteiger partial charge in [-0.2, -0.15) is 5.10 Å². The third-order valence-corrected chi connectivity index (χ3v) is 5.22. The summed E-state index contributed by atoms with van der Waals surface area (Å²) in [4.78, 5) is 21.4. The number of rotatable bonds is 3. The number of nitrogens with one attached hydrogen (secondary N) is 1. The van der Waals surface area contributed by atoms with E-state index in [0.29, 0.717) is 5.91 Å². The second-order valence-corrected chi connectivity index (χ2v) is 6.74. The number of aryl methyl sites for hydroxylation is 1. The highest BCUT2D eigenvalue weighted by molar-refractivity contribution is 5.79. The molecule has 1 aromatic heterocycles. The van der Waals surface area contributed by atoms with Crippen LogP contribution in [0.3, 0.4) is 0 Å². The molecule has 6 nitrogen and oxygen atoms in total. The minimum absolute atomic E-state index is 0.153. The van der Waals surface area contributed by atoms with Gasteiger partial charge in [-0.25, -0.2) is 4.98 Å². The monoisotopic (exact) mass is 325 g/mol. The Kier molecular flexibility index (Phi) is 4.30. The second-order valence-electron chi connectivity index (χ2n) is 6.74. The predicted octanol–water partition coefficient (Wildman–Crippen LogP) is 1.25. The molecule has 2 heterocycles. The van der Waals surface area contributed by atoms with Gasteiger partial charge in [0, 0.05) is 32.1 Å². The normalized spacial score (nSPS) is 21.5. The number of aromatic nitrogens is 3. The highest BCUT2D eigenvalue weighted by Gasteiger charge is 2.30. The lowest BCUT2D eigenvalue weighted by molar-refractivity contribution is -0.137. The van der Waals surface area contributed by atoms with Crippen molar-refractivity contribution >= 4 is 5.91 Å². The van der Waals surface area contributed by atoms with E-state index >= 15 is 0 Å². The molecule has 6 heteroatoms. The molecule has 2 aliphatic rings. The first-order valence-electron chi connectivity index (χ1n) is 8.72. The fourth-order valence-corrected chi connectivity index (χ4v) is 3.81. The summed E-state index contributed by atoms with van der Waals surface area (Å²) in [6.45, 7) is 4.20. The third-order valence-electron chi connectivity index (χ3n) is 5.22. The largest absolute Gasteiger partial charge is 0.340 e. The maximum atomic E-state index is 12.9. The molecule has 1 fully saturated rings. The molecule has 1 N–H and O–H groups in total. The van der Waals surface area contributed by atoms with Crippen LogP contribution in [0.2, 0.25) is 0 Å². The van der Waals surface area contributed by atoms with Gasteiger partial charge in [-0.1, -0.05) is 24.3 Å². The Morgan fingerprint density at radius 2 is 1.96 bits per heavy atom. The van der Waals surface area contributed by atoms with E-state index in [0.717, 1.165) is 57.8 Å². The molecule has 1 amide bonds. The number of fused-ring (bicyclic) bond motifs is 1. The standard InChI is InChI=1S/C18H23N5O/c24-18(16-6-5-14-3-1-2-4-15(14)11-16)23-9-7-22(8-10-23)12-17-19-13-20-21-17/h1-4,13,16H,5-12H2,(H,19,20,21)/t16-/m0/s1. The lowest BCUT2D eigenvalue weighted by Crippen LogP contribution is -2.50. The second kappa shape index (κ2) is 6.73. The van der Waals surface area contributed by atoms with Gasteiger partial charge < -0.3 is 4.90 Å². The Morgan fingerprint density at radius 3 is 2.71 bits per heavy atom. The summed E-state index contributed by atoms with van der Waals surface area (Å²) >= 11 is 0. The molecule has 1 atom stereocenters. The van der Waals surface area contributed by atoms with E-state index in [1.165, 1.54) is 17.5 Å². The van der Waals surface area contributed by atoms with Gasteiger partial charge in [-0.05, 0) is 30.4 Å². The number of benzene rings is 1. The van der Waals surface area contributed by atoms with E-state index in [1.54, 1.807) is 0 Å². The van der Waals surface area contributed by atoms with E-state index in [1.807, 2.05) is 0 Å².